The molecule has 2 heterocycles. The van der Waals surface area contributed by atoms with Crippen molar-refractivity contribution in [3.63, 3.8) is 0 Å². The van der Waals surface area contributed by atoms with Gasteiger partial charge in [0.1, 0.15) is 11.3 Å². The Labute approximate surface area is 111 Å². The Morgan fingerprint density at radius 2 is 2.26 bits per heavy atom. The molecule has 0 saturated heterocycles. The SMILES string of the molecule is Cc1noc(C)c1C(=O)OCCCc1cnn(C)c1. The van der Waals surface area contributed by atoms with Gasteiger partial charge in [0.25, 0.3) is 0 Å². The number of rotatable bonds is 5. The Morgan fingerprint density at radius 3 is 2.84 bits per heavy atom. The third kappa shape index (κ3) is 3.21. The van der Waals surface area contributed by atoms with E-state index in [0.29, 0.717) is 23.6 Å². The van der Waals surface area contributed by atoms with Gasteiger partial charge < -0.3 is 9.26 Å². The van der Waals surface area contributed by atoms with Gasteiger partial charge in [-0.05, 0) is 32.3 Å². The molecule has 2 rings (SSSR count). The Morgan fingerprint density at radius 1 is 1.47 bits per heavy atom. The van der Waals surface area contributed by atoms with E-state index in [9.17, 15) is 4.79 Å². The fourth-order valence-corrected chi connectivity index (χ4v) is 1.89. The molecule has 6 heteroatoms. The fraction of sp³-hybridized carbons (Fsp3) is 0.462. The number of carbonyl (C=O) groups is 1. The first-order valence-corrected chi connectivity index (χ1v) is 6.15. The third-order valence-electron chi connectivity index (χ3n) is 2.84. The van der Waals surface area contributed by atoms with E-state index in [1.165, 1.54) is 0 Å². The molecule has 0 spiro atoms. The molecular formula is C13H17N3O3. The van der Waals surface area contributed by atoms with E-state index < -0.39 is 0 Å². The Hall–Kier alpha value is -2.11. The molecule has 0 radical (unpaired) electrons. The molecule has 0 aliphatic rings. The van der Waals surface area contributed by atoms with E-state index in [1.54, 1.807) is 18.5 Å². The lowest BCUT2D eigenvalue weighted by atomic mass is 10.2. The maximum Gasteiger partial charge on any atom is 0.343 e. The number of ether oxygens (including phenoxy) is 1. The fourth-order valence-electron chi connectivity index (χ4n) is 1.89. The summed E-state index contributed by atoms with van der Waals surface area (Å²) >= 11 is 0. The normalized spacial score (nSPS) is 10.7. The van der Waals surface area contributed by atoms with Gasteiger partial charge in [-0.1, -0.05) is 5.16 Å². The molecule has 19 heavy (non-hydrogen) atoms. The van der Waals surface area contributed by atoms with Crippen molar-refractivity contribution in [2.45, 2.75) is 26.7 Å². The van der Waals surface area contributed by atoms with Crippen molar-refractivity contribution in [1.82, 2.24) is 14.9 Å². The van der Waals surface area contributed by atoms with Gasteiger partial charge in [0.05, 0.1) is 18.5 Å². The van der Waals surface area contributed by atoms with Crippen LogP contribution < -0.4 is 0 Å². The second-order valence-electron chi connectivity index (χ2n) is 4.46. The molecule has 0 atom stereocenters. The highest BCUT2D eigenvalue weighted by Crippen LogP contribution is 2.13. The van der Waals surface area contributed by atoms with Gasteiger partial charge in [-0.2, -0.15) is 5.10 Å². The standard InChI is InChI=1S/C13H17N3O3/c1-9-12(10(2)19-15-9)13(17)18-6-4-5-11-7-14-16(3)8-11/h7-8H,4-6H2,1-3H3. The molecule has 0 fully saturated rings. The van der Waals surface area contributed by atoms with Gasteiger partial charge in [-0.3, -0.25) is 4.68 Å². The Balaban J connectivity index is 1.78. The minimum absolute atomic E-state index is 0.373. The minimum atomic E-state index is -0.373. The average molecular weight is 263 g/mol. The predicted octanol–water partition coefficient (Wildman–Crippen LogP) is 1.81. The summed E-state index contributed by atoms with van der Waals surface area (Å²) in [4.78, 5) is 11.8. The zero-order valence-corrected chi connectivity index (χ0v) is 11.3. The molecule has 102 valence electrons. The van der Waals surface area contributed by atoms with Crippen molar-refractivity contribution in [2.75, 3.05) is 6.61 Å². The molecule has 0 aliphatic heterocycles. The molecule has 0 N–H and O–H groups in total. The number of esters is 1. The second-order valence-corrected chi connectivity index (χ2v) is 4.46. The van der Waals surface area contributed by atoms with E-state index in [-0.39, 0.29) is 5.97 Å². The van der Waals surface area contributed by atoms with E-state index >= 15 is 0 Å². The first-order valence-electron chi connectivity index (χ1n) is 6.15. The lowest BCUT2D eigenvalue weighted by molar-refractivity contribution is 0.0498. The molecule has 0 aliphatic carbocycles. The molecule has 0 unspecified atom stereocenters. The van der Waals surface area contributed by atoms with E-state index in [2.05, 4.69) is 10.3 Å². The maximum atomic E-state index is 11.8. The van der Waals surface area contributed by atoms with Gasteiger partial charge in [0.15, 0.2) is 0 Å². The molecule has 0 amide bonds. The highest BCUT2D eigenvalue weighted by Gasteiger charge is 2.18. The average Bonchev–Trinajstić information content (AvgIpc) is 2.91. The monoisotopic (exact) mass is 263 g/mol. The molecule has 0 saturated carbocycles. The first kappa shape index (κ1) is 13.3. The first-order chi connectivity index (χ1) is 9.08. The third-order valence-corrected chi connectivity index (χ3v) is 2.84. The van der Waals surface area contributed by atoms with Gasteiger partial charge in [-0.15, -0.1) is 0 Å². The van der Waals surface area contributed by atoms with Crippen molar-refractivity contribution in [1.29, 1.82) is 0 Å². The summed E-state index contributed by atoms with van der Waals surface area (Å²) in [6, 6.07) is 0. The number of hydrogen-bond donors (Lipinski definition) is 0. The molecule has 0 aromatic carbocycles. The van der Waals surface area contributed by atoms with E-state index in [1.807, 2.05) is 19.4 Å². The van der Waals surface area contributed by atoms with Crippen LogP contribution in [0.15, 0.2) is 16.9 Å². The lowest BCUT2D eigenvalue weighted by Crippen LogP contribution is -2.08. The van der Waals surface area contributed by atoms with Crippen molar-refractivity contribution in [2.24, 2.45) is 7.05 Å². The van der Waals surface area contributed by atoms with Crippen LogP contribution in [0.1, 0.15) is 33.8 Å². The number of aromatic nitrogens is 3. The quantitative estimate of drug-likeness (QED) is 0.608. The van der Waals surface area contributed by atoms with Crippen LogP contribution in [0.25, 0.3) is 0 Å². The van der Waals surface area contributed by atoms with Crippen LogP contribution >= 0.6 is 0 Å². The summed E-state index contributed by atoms with van der Waals surface area (Å²) in [6.07, 6.45) is 5.37. The minimum Gasteiger partial charge on any atom is -0.462 e. The summed E-state index contributed by atoms with van der Waals surface area (Å²) in [6.45, 7) is 3.80. The number of hydrogen-bond acceptors (Lipinski definition) is 5. The lowest BCUT2D eigenvalue weighted by Gasteiger charge is -2.03. The number of carbonyl (C=O) groups excluding carboxylic acids is 1. The van der Waals surface area contributed by atoms with Crippen LogP contribution in [0.2, 0.25) is 0 Å². The zero-order valence-electron chi connectivity index (χ0n) is 11.3. The van der Waals surface area contributed by atoms with Crippen LogP contribution in [0.3, 0.4) is 0 Å². The van der Waals surface area contributed by atoms with Gasteiger partial charge >= 0.3 is 5.97 Å². The van der Waals surface area contributed by atoms with Crippen molar-refractivity contribution >= 4 is 5.97 Å². The topological polar surface area (TPSA) is 70.2 Å². The highest BCUT2D eigenvalue weighted by atomic mass is 16.5. The molecule has 2 aromatic heterocycles. The molecular weight excluding hydrogens is 246 g/mol. The number of aryl methyl sites for hydroxylation is 4. The van der Waals surface area contributed by atoms with Crippen molar-refractivity contribution in [3.8, 4) is 0 Å². The van der Waals surface area contributed by atoms with Crippen molar-refractivity contribution in [3.05, 3.63) is 35.0 Å². The molecule has 0 bridgehead atoms. The van der Waals surface area contributed by atoms with Crippen LogP contribution in [0.5, 0.6) is 0 Å². The van der Waals surface area contributed by atoms with E-state index in [0.717, 1.165) is 18.4 Å². The van der Waals surface area contributed by atoms with Gasteiger partial charge in [0.2, 0.25) is 0 Å². The predicted molar refractivity (Wildman–Crippen MR) is 67.8 cm³/mol. The summed E-state index contributed by atoms with van der Waals surface area (Å²) in [5, 5.41) is 7.81. The second kappa shape index (κ2) is 5.69. The molecule has 6 nitrogen and oxygen atoms in total. The summed E-state index contributed by atoms with van der Waals surface area (Å²) in [5.41, 5.74) is 2.13. The molecule has 2 aromatic rings. The Kier molecular flexibility index (Phi) is 3.99. The smallest absolute Gasteiger partial charge is 0.343 e. The number of nitrogens with zero attached hydrogens (tertiary/aromatic N) is 3. The summed E-state index contributed by atoms with van der Waals surface area (Å²) < 4.78 is 11.9. The van der Waals surface area contributed by atoms with E-state index in [4.69, 9.17) is 9.26 Å². The summed E-state index contributed by atoms with van der Waals surface area (Å²) in [5.74, 6) is 0.122. The summed E-state index contributed by atoms with van der Waals surface area (Å²) in [7, 11) is 1.88. The maximum absolute atomic E-state index is 11.8. The Bertz CT molecular complexity index is 552. The van der Waals surface area contributed by atoms with Crippen molar-refractivity contribution < 1.29 is 14.1 Å². The largest absolute Gasteiger partial charge is 0.462 e. The van der Waals surface area contributed by atoms with Crippen LogP contribution in [0, 0.1) is 13.8 Å². The highest BCUT2D eigenvalue weighted by molar-refractivity contribution is 5.91. The van der Waals surface area contributed by atoms with Crippen LogP contribution in [0.4, 0.5) is 0 Å². The van der Waals surface area contributed by atoms with Crippen LogP contribution in [-0.4, -0.2) is 27.5 Å². The zero-order chi connectivity index (χ0) is 13.8. The van der Waals surface area contributed by atoms with Gasteiger partial charge in [0, 0.05) is 13.2 Å². The van der Waals surface area contributed by atoms with Gasteiger partial charge in [-0.25, -0.2) is 4.79 Å². The van der Waals surface area contributed by atoms with Crippen LogP contribution in [-0.2, 0) is 18.2 Å².